The van der Waals surface area contributed by atoms with Crippen LogP contribution in [0.1, 0.15) is 26.2 Å². The molecule has 0 spiro atoms. The molecule has 0 aromatic heterocycles. The largest absolute Gasteiger partial charge is 0.469 e. The number of hydrogen-bond donors (Lipinski definition) is 6. The monoisotopic (exact) mass is 1020 g/mol. The highest BCUT2D eigenvalue weighted by molar-refractivity contribution is 6.92. The average Bonchev–Trinajstić information content (AvgIpc) is 3.03. The van der Waals surface area contributed by atoms with Crippen LogP contribution in [0.2, 0.25) is 141 Å². The minimum atomic E-state index is -3.06. The van der Waals surface area contributed by atoms with Crippen molar-refractivity contribution in [3.8, 4) is 0 Å². The summed E-state index contributed by atoms with van der Waals surface area (Å²) in [6, 6.07) is 6.58. The lowest BCUT2D eigenvalue weighted by Gasteiger charge is -2.43. The van der Waals surface area contributed by atoms with Crippen LogP contribution in [0, 0.1) is 0 Å². The van der Waals surface area contributed by atoms with Crippen LogP contribution < -0.4 is 31.9 Å². The zero-order valence-electron chi connectivity index (χ0n) is 41.7. The molecule has 1 rings (SSSR count). The van der Waals surface area contributed by atoms with Crippen molar-refractivity contribution in [2.45, 2.75) is 167 Å². The van der Waals surface area contributed by atoms with Crippen LogP contribution >= 0.6 is 0 Å². The second-order valence-electron chi connectivity index (χ2n) is 21.2. The van der Waals surface area contributed by atoms with E-state index < -0.39 is 88.5 Å². The van der Waals surface area contributed by atoms with Crippen molar-refractivity contribution >= 4 is 112 Å². The number of hydrogen-bond acceptors (Lipinski definition) is 9. The summed E-state index contributed by atoms with van der Waals surface area (Å²) in [6.45, 7) is 39.8. The molecule has 0 saturated heterocycles. The third-order valence-corrected chi connectivity index (χ3v) is 35.0. The van der Waals surface area contributed by atoms with Gasteiger partial charge in [0, 0.05) is 57.2 Å². The molecule has 0 atom stereocenters. The first-order chi connectivity index (χ1) is 28.1. The minimum absolute atomic E-state index is 0.350. The number of carbonyl (C=O) groups is 3. The van der Waals surface area contributed by atoms with E-state index in [-0.39, 0.29) is 6.03 Å². The molecule has 0 bridgehead atoms. The summed E-state index contributed by atoms with van der Waals surface area (Å²) >= 11 is 0. The van der Waals surface area contributed by atoms with Gasteiger partial charge in [0.15, 0.2) is 41.6 Å². The molecule has 24 heteroatoms. The third kappa shape index (κ3) is 28.5. The van der Waals surface area contributed by atoms with E-state index in [1.807, 2.05) is 6.92 Å². The van der Waals surface area contributed by atoms with Crippen LogP contribution in [0.5, 0.6) is 0 Å². The second-order valence-corrected chi connectivity index (χ2v) is 56.7. The van der Waals surface area contributed by atoms with Crippen molar-refractivity contribution in [2.75, 3.05) is 35.6 Å². The molecule has 1 radical (unpaired) electrons. The molecule has 6 N–H and O–H groups in total. The standard InChI is InChI=1S/C38H85N6O9Si9/c1-19-55(48)32-61(49-56(4,5)6,50-57(7,8)9)27-21-24-40-37(46)43-34-29-33(42-36(45)39-23-20-26-54(2)3)30-35(31-34)44-38(47)41-25-22-28-62(51-58(10,11)12,52-59(13,14)15)53-60(16,17)18/h29-31H,19-28,32H2,1-18H3,(H2,39,42,45)(H2,40,43,46)(H2,41,44,47). The maximum Gasteiger partial charge on any atom is 0.469 e. The molecule has 0 aliphatic heterocycles. The highest BCUT2D eigenvalue weighted by Gasteiger charge is 2.50. The van der Waals surface area contributed by atoms with Crippen LogP contribution in [0.15, 0.2) is 18.2 Å². The molecular formula is C38H85N6O9Si9. The number of rotatable bonds is 28. The first-order valence-electron chi connectivity index (χ1n) is 22.2. The van der Waals surface area contributed by atoms with Gasteiger partial charge in [-0.05, 0) is 148 Å². The molecule has 0 unspecified atom stereocenters. The molecule has 6 amide bonds. The Labute approximate surface area is 386 Å². The van der Waals surface area contributed by atoms with Gasteiger partial charge in [0.05, 0.1) is 0 Å². The first kappa shape index (κ1) is 58.6. The Balaban J connectivity index is 3.20. The van der Waals surface area contributed by atoms with Crippen LogP contribution in [-0.2, 0) is 25.0 Å². The highest BCUT2D eigenvalue weighted by Crippen LogP contribution is 2.31. The summed E-state index contributed by atoms with van der Waals surface area (Å²) in [5, 5.41) is 17.4. The fourth-order valence-electron chi connectivity index (χ4n) is 6.52. The molecule has 357 valence electrons. The number of amides is 6. The predicted molar refractivity (Wildman–Crippen MR) is 279 cm³/mol. The molecule has 1 aromatic rings. The maximum atomic E-state index is 13.3. The summed E-state index contributed by atoms with van der Waals surface area (Å²) in [5.41, 5.74) is 1.64. The Morgan fingerprint density at radius 1 is 0.516 bits per heavy atom. The molecule has 1 aromatic carbocycles. The summed E-state index contributed by atoms with van der Waals surface area (Å²) in [7, 11) is -18.3. The molecule has 62 heavy (non-hydrogen) atoms. The van der Waals surface area contributed by atoms with Gasteiger partial charge in [0.2, 0.25) is 0 Å². The van der Waals surface area contributed by atoms with Gasteiger partial charge in [-0.15, -0.1) is 0 Å². The highest BCUT2D eigenvalue weighted by atomic mass is 28.5. The molecule has 0 heterocycles. The van der Waals surface area contributed by atoms with Gasteiger partial charge in [-0.2, -0.15) is 0 Å². The van der Waals surface area contributed by atoms with E-state index in [4.69, 9.17) is 20.6 Å². The SMILES string of the molecule is CC[Si](=O)C[Si](CCCNC(=O)Nc1cc(NC(=O)NCCC[Si](C)C)cc(NC(=O)NCCC[Si](O[Si](C)(C)C)(O[Si](C)(C)C)O[Si](C)(C)C)c1)(O[Si](C)(C)C)O[Si](C)(C)C. The number of carbonyl (C=O) groups excluding carboxylic acids is 3. The summed E-state index contributed by atoms with van der Waals surface area (Å²) in [5.74, 6) is 0. The number of anilines is 3. The molecular weight excluding hydrogens is 937 g/mol. The van der Waals surface area contributed by atoms with Crippen molar-refractivity contribution in [2.24, 2.45) is 0 Å². The number of benzene rings is 1. The van der Waals surface area contributed by atoms with Gasteiger partial charge >= 0.3 is 35.5 Å². The van der Waals surface area contributed by atoms with Gasteiger partial charge < -0.3 is 56.9 Å². The average molecular weight is 1020 g/mol. The quantitative estimate of drug-likeness (QED) is 0.0351. The predicted octanol–water partition coefficient (Wildman–Crippen LogP) is 10.6. The normalized spacial score (nSPS) is 13.1. The topological polar surface area (TPSA) is 187 Å². The van der Waals surface area contributed by atoms with Crippen molar-refractivity contribution in [3.05, 3.63) is 18.2 Å². The summed E-state index contributed by atoms with van der Waals surface area (Å²) in [6.07, 6.45) is 2.09. The van der Waals surface area contributed by atoms with Gasteiger partial charge in [-0.1, -0.05) is 26.1 Å². The zero-order chi connectivity index (χ0) is 47.8. The molecule has 0 fully saturated rings. The van der Waals surface area contributed by atoms with E-state index in [0.717, 1.165) is 12.5 Å². The molecule has 0 saturated carbocycles. The molecule has 15 nitrogen and oxygen atoms in total. The van der Waals surface area contributed by atoms with Crippen molar-refractivity contribution < 1.29 is 39.4 Å². The van der Waals surface area contributed by atoms with Crippen LogP contribution in [0.25, 0.3) is 0 Å². The molecule has 0 aliphatic rings. The maximum absolute atomic E-state index is 13.3. The van der Waals surface area contributed by atoms with E-state index in [1.165, 1.54) is 0 Å². The number of urea groups is 3. The minimum Gasteiger partial charge on any atom is -0.436 e. The third-order valence-electron chi connectivity index (χ3n) is 8.04. The van der Waals surface area contributed by atoms with Crippen LogP contribution in [0.4, 0.5) is 31.4 Å². The van der Waals surface area contributed by atoms with Crippen molar-refractivity contribution in [1.82, 2.24) is 16.0 Å². The number of nitrogens with one attached hydrogen (secondary N) is 6. The summed E-state index contributed by atoms with van der Waals surface area (Å²) < 4.78 is 47.0. The summed E-state index contributed by atoms with van der Waals surface area (Å²) in [4.78, 5) is 39.5. The van der Waals surface area contributed by atoms with E-state index in [2.05, 4.69) is 143 Å². The fraction of sp³-hybridized carbons (Fsp3) is 0.763. The van der Waals surface area contributed by atoms with Gasteiger partial charge in [-0.3, -0.25) is 0 Å². The van der Waals surface area contributed by atoms with Gasteiger partial charge in [0.1, 0.15) is 0 Å². The lowest BCUT2D eigenvalue weighted by atomic mass is 10.2. The lowest BCUT2D eigenvalue weighted by molar-refractivity contribution is 0.245. The van der Waals surface area contributed by atoms with Crippen LogP contribution in [0.3, 0.4) is 0 Å². The zero-order valence-corrected chi connectivity index (χ0v) is 50.7. The van der Waals surface area contributed by atoms with Crippen molar-refractivity contribution in [1.29, 1.82) is 0 Å². The Hall–Kier alpha value is -1.42. The van der Waals surface area contributed by atoms with E-state index in [0.29, 0.717) is 73.3 Å². The first-order valence-corrected chi connectivity index (χ1v) is 48.0. The van der Waals surface area contributed by atoms with Gasteiger partial charge in [-0.25, -0.2) is 14.4 Å². The van der Waals surface area contributed by atoms with Crippen LogP contribution in [-0.4, -0.2) is 114 Å². The van der Waals surface area contributed by atoms with E-state index >= 15 is 0 Å². The smallest absolute Gasteiger partial charge is 0.436 e. The Morgan fingerprint density at radius 2 is 0.839 bits per heavy atom. The Kier molecular flexibility index (Phi) is 24.1. The van der Waals surface area contributed by atoms with E-state index in [1.54, 1.807) is 18.2 Å². The van der Waals surface area contributed by atoms with Gasteiger partial charge in [0.25, 0.3) is 8.68 Å². The van der Waals surface area contributed by atoms with Crippen molar-refractivity contribution in [3.63, 3.8) is 0 Å². The Morgan fingerprint density at radius 3 is 1.15 bits per heavy atom. The Bertz CT molecular complexity index is 1540. The van der Waals surface area contributed by atoms with E-state index in [9.17, 15) is 18.8 Å². The lowest BCUT2D eigenvalue weighted by Crippen LogP contribution is -2.60. The fourth-order valence-corrected chi connectivity index (χ4v) is 39.0. The second kappa shape index (κ2) is 25.5. The molecule has 0 aliphatic carbocycles.